The third-order valence-corrected chi connectivity index (χ3v) is 17.2. The van der Waals surface area contributed by atoms with E-state index in [1.165, 1.54) is 41.5 Å². The molecule has 8 fully saturated rings. The van der Waals surface area contributed by atoms with Gasteiger partial charge in [0.25, 0.3) is 0 Å². The van der Waals surface area contributed by atoms with Gasteiger partial charge in [-0.15, -0.1) is 0 Å². The molecule has 37 heteroatoms. The second-order valence-corrected chi connectivity index (χ2v) is 23.7. The van der Waals surface area contributed by atoms with E-state index in [9.17, 15) is 102 Å². The Labute approximate surface area is 508 Å². The summed E-state index contributed by atoms with van der Waals surface area (Å²) in [5.41, 5.74) is 0. The summed E-state index contributed by atoms with van der Waals surface area (Å²) in [5, 5.41) is 205. The molecule has 0 aromatic carbocycles. The molecule has 8 saturated heterocycles. The van der Waals surface area contributed by atoms with Gasteiger partial charge >= 0.3 is 0 Å². The largest absolute Gasteiger partial charge is 0.394 e. The standard InChI is InChI=1S/C52H88N2O35/c1-11-24(60)32(68)40(45(74)75-11)85-50-41(33(69)25(61)14(4)78-50)86-47-22(54-18(8)58)39(30(66)20(10-56)82-47)84-49-43(35(71)27(63)13(3)77-49)88-52-44(36(72)28(64)16(6)80-52)89-51-42(34(70)26(62)15(5)79-51)87-46-21(53-17(7)57)38(29(65)19(9-55)81-46)83-48-37(73)31(67)23(59)12(2)76-48/h11-16,19-52,55-56,59-74H,9-10H2,1-8H3,(H,53,57)(H,54,58)/t11-,12-,13-,14-,15-,16-,19+,20+,21+,22+,23-,24-,25-,26-,27-,28-,29+,30+,31+,32+,33+,34+,35+,36+,37+,38+,39+,40+,41+,42+,43+,44+,45?,46-,47-,48-,49-,50-,51-,52-/m0/s1. The van der Waals surface area contributed by atoms with E-state index >= 15 is 0 Å². The van der Waals surface area contributed by atoms with E-state index in [-0.39, 0.29) is 0 Å². The summed E-state index contributed by atoms with van der Waals surface area (Å²) in [5.74, 6) is -1.67. The molecule has 89 heavy (non-hydrogen) atoms. The zero-order chi connectivity index (χ0) is 65.7. The number of rotatable bonds is 18. The smallest absolute Gasteiger partial charge is 0.217 e. The van der Waals surface area contributed by atoms with Gasteiger partial charge in [-0.3, -0.25) is 9.59 Å². The van der Waals surface area contributed by atoms with Gasteiger partial charge in [0.2, 0.25) is 11.8 Å². The molecule has 0 bridgehead atoms. The van der Waals surface area contributed by atoms with Crippen LogP contribution in [0.4, 0.5) is 0 Å². The summed E-state index contributed by atoms with van der Waals surface area (Å²) in [6.45, 7) is 7.95. The van der Waals surface area contributed by atoms with Crippen LogP contribution >= 0.6 is 0 Å². The molecule has 8 aliphatic rings. The third-order valence-electron chi connectivity index (χ3n) is 17.2. The number of amides is 2. The van der Waals surface area contributed by atoms with Gasteiger partial charge in [0.1, 0.15) is 159 Å². The van der Waals surface area contributed by atoms with Crippen molar-refractivity contribution in [2.24, 2.45) is 0 Å². The van der Waals surface area contributed by atoms with E-state index in [1.807, 2.05) is 0 Å². The minimum Gasteiger partial charge on any atom is -0.394 e. The molecule has 8 heterocycles. The maximum absolute atomic E-state index is 13.1. The van der Waals surface area contributed by atoms with Crippen LogP contribution in [0.5, 0.6) is 0 Å². The average molecular weight is 1300 g/mol. The van der Waals surface area contributed by atoms with Gasteiger partial charge in [-0.1, -0.05) is 0 Å². The Balaban J connectivity index is 1.08. The minimum atomic E-state index is -2.09. The van der Waals surface area contributed by atoms with E-state index in [4.69, 9.17) is 71.1 Å². The number of aliphatic hydroxyl groups is 18. The summed E-state index contributed by atoms with van der Waals surface area (Å²) < 4.78 is 89.7. The fourth-order valence-electron chi connectivity index (χ4n) is 11.9. The van der Waals surface area contributed by atoms with Crippen LogP contribution in [-0.2, 0) is 80.6 Å². The van der Waals surface area contributed by atoms with Crippen LogP contribution in [0.15, 0.2) is 0 Å². The second-order valence-electron chi connectivity index (χ2n) is 23.7. The summed E-state index contributed by atoms with van der Waals surface area (Å²) in [6.07, 6.45) is -68.3. The topological polar surface area (TPSA) is 561 Å². The number of aliphatic hydroxyl groups excluding tert-OH is 18. The second kappa shape index (κ2) is 30.1. The molecule has 0 saturated carbocycles. The Bertz CT molecular complexity index is 2280. The Morgan fingerprint density at radius 1 is 0.292 bits per heavy atom. The van der Waals surface area contributed by atoms with E-state index < -0.39 is 271 Å². The Kier molecular flexibility index (Phi) is 24.5. The number of carbonyl (C=O) groups excluding carboxylic acids is 2. The molecule has 20 N–H and O–H groups in total. The maximum Gasteiger partial charge on any atom is 0.217 e. The van der Waals surface area contributed by atoms with Crippen molar-refractivity contribution in [2.75, 3.05) is 13.2 Å². The summed E-state index contributed by atoms with van der Waals surface area (Å²) in [6, 6.07) is -3.49. The molecule has 8 aliphatic heterocycles. The predicted octanol–water partition coefficient (Wildman–Crippen LogP) is -12.0. The molecule has 37 nitrogen and oxygen atoms in total. The van der Waals surface area contributed by atoms with Crippen LogP contribution in [0.3, 0.4) is 0 Å². The predicted molar refractivity (Wildman–Crippen MR) is 279 cm³/mol. The van der Waals surface area contributed by atoms with E-state index in [2.05, 4.69) is 10.6 Å². The van der Waals surface area contributed by atoms with Crippen LogP contribution in [0, 0.1) is 0 Å². The maximum atomic E-state index is 13.1. The Hall–Kier alpha value is -2.38. The molecule has 2 amide bonds. The highest BCUT2D eigenvalue weighted by Crippen LogP contribution is 2.39. The highest BCUT2D eigenvalue weighted by atomic mass is 16.8. The third kappa shape index (κ3) is 15.3. The highest BCUT2D eigenvalue weighted by Gasteiger charge is 2.60. The van der Waals surface area contributed by atoms with Gasteiger partial charge < -0.3 is 174 Å². The first-order chi connectivity index (χ1) is 41.8. The van der Waals surface area contributed by atoms with Crippen LogP contribution in [0.2, 0.25) is 0 Å². The average Bonchev–Trinajstić information content (AvgIpc) is 1.08. The quantitative estimate of drug-likeness (QED) is 0.0606. The van der Waals surface area contributed by atoms with Crippen molar-refractivity contribution in [3.63, 3.8) is 0 Å². The lowest BCUT2D eigenvalue weighted by molar-refractivity contribution is -0.407. The number of hydrogen-bond donors (Lipinski definition) is 20. The zero-order valence-electron chi connectivity index (χ0n) is 49.5. The zero-order valence-corrected chi connectivity index (χ0v) is 49.5. The van der Waals surface area contributed by atoms with Crippen molar-refractivity contribution in [3.8, 4) is 0 Å². The first-order valence-electron chi connectivity index (χ1n) is 29.3. The molecule has 0 aromatic heterocycles. The van der Waals surface area contributed by atoms with Crippen LogP contribution in [0.25, 0.3) is 0 Å². The molecule has 0 spiro atoms. The van der Waals surface area contributed by atoms with Crippen molar-refractivity contribution in [1.82, 2.24) is 10.6 Å². The number of ether oxygens (including phenoxy) is 15. The van der Waals surface area contributed by atoms with Gasteiger partial charge in [-0.25, -0.2) is 0 Å². The lowest BCUT2D eigenvalue weighted by Gasteiger charge is -2.51. The fourth-order valence-corrected chi connectivity index (χ4v) is 11.9. The van der Waals surface area contributed by atoms with E-state index in [0.29, 0.717) is 0 Å². The molecular formula is C52H88N2O35. The van der Waals surface area contributed by atoms with Crippen molar-refractivity contribution in [1.29, 1.82) is 0 Å². The Morgan fingerprint density at radius 2 is 0.539 bits per heavy atom. The number of carbonyl (C=O) groups is 2. The van der Waals surface area contributed by atoms with E-state index in [0.717, 1.165) is 13.8 Å². The normalized spacial score (nSPS) is 53.4. The molecule has 8 rings (SSSR count). The van der Waals surface area contributed by atoms with Crippen molar-refractivity contribution >= 4 is 11.8 Å². The van der Waals surface area contributed by atoms with Gasteiger partial charge in [0, 0.05) is 13.8 Å². The molecular weight excluding hydrogens is 1210 g/mol. The molecule has 0 radical (unpaired) electrons. The van der Waals surface area contributed by atoms with Gasteiger partial charge in [0.05, 0.1) is 49.8 Å². The highest BCUT2D eigenvalue weighted by molar-refractivity contribution is 5.73. The summed E-state index contributed by atoms with van der Waals surface area (Å²) in [4.78, 5) is 25.9. The minimum absolute atomic E-state index is 0.817. The van der Waals surface area contributed by atoms with Gasteiger partial charge in [-0.2, -0.15) is 0 Å². The number of hydrogen-bond acceptors (Lipinski definition) is 35. The summed E-state index contributed by atoms with van der Waals surface area (Å²) in [7, 11) is 0. The lowest BCUT2D eigenvalue weighted by Crippen LogP contribution is -2.70. The van der Waals surface area contributed by atoms with Crippen LogP contribution in [-0.4, -0.2) is 362 Å². The van der Waals surface area contributed by atoms with Gasteiger partial charge in [-0.05, 0) is 41.5 Å². The summed E-state index contributed by atoms with van der Waals surface area (Å²) >= 11 is 0. The van der Waals surface area contributed by atoms with Gasteiger partial charge in [0.15, 0.2) is 50.3 Å². The van der Waals surface area contributed by atoms with Crippen LogP contribution in [0.1, 0.15) is 55.4 Å². The molecule has 1 unspecified atom stereocenters. The fraction of sp³-hybridized carbons (Fsp3) is 0.962. The molecule has 516 valence electrons. The van der Waals surface area contributed by atoms with Crippen molar-refractivity contribution < 1.29 is 173 Å². The first kappa shape index (κ1) is 72.4. The monoisotopic (exact) mass is 1300 g/mol. The lowest BCUT2D eigenvalue weighted by atomic mass is 9.94. The molecule has 40 atom stereocenters. The van der Waals surface area contributed by atoms with Crippen molar-refractivity contribution in [2.45, 2.75) is 301 Å². The molecule has 0 aliphatic carbocycles. The molecule has 0 aromatic rings. The number of nitrogens with one attached hydrogen (secondary N) is 2. The van der Waals surface area contributed by atoms with Crippen LogP contribution < -0.4 is 10.6 Å². The first-order valence-corrected chi connectivity index (χ1v) is 29.3. The SMILES string of the molecule is CC(=O)N[C@H]1[C@H](O[C@H]2[C@H](O[C@H]3[C@H](O[C@H]4[C@H](O[C@H]5[C@H](O)[C@@H](CO)O[C@@H](O[C@H]6[C@H](O[C@H]7C(O)O[C@@H](C)[C@H](O)[C@H]7O)O[C@@H](C)[C@H](O)[C@H]6O)[C@@H]5NC(C)=O)O[C@@H](C)[C@H](O)[C@H]4O)O[C@@H](C)[C@H](O)[C@H]3O)O[C@@H](C)[C@H](O)[C@H]2O)O[C@H](CO)[C@@H](O)[C@@H]1O[C@@H]1O[C@@H](C)[C@H](O)[C@@H](O)[C@H]1O. The van der Waals surface area contributed by atoms with E-state index in [1.54, 1.807) is 0 Å². The Morgan fingerprint density at radius 3 is 0.854 bits per heavy atom. The van der Waals surface area contributed by atoms with Crippen molar-refractivity contribution in [3.05, 3.63) is 0 Å².